The Balaban J connectivity index is 2.64. The molecule has 0 bridgehead atoms. The SMILES string of the molecule is CCC(=O)Nc1cccc(NC(CCCN)COC)c1. The monoisotopic (exact) mass is 279 g/mol. The van der Waals surface area contributed by atoms with Crippen LogP contribution >= 0.6 is 0 Å². The fourth-order valence-electron chi connectivity index (χ4n) is 1.93. The molecule has 0 fully saturated rings. The smallest absolute Gasteiger partial charge is 0.224 e. The van der Waals surface area contributed by atoms with Gasteiger partial charge in [-0.2, -0.15) is 0 Å². The second-order valence-electron chi connectivity index (χ2n) is 4.71. The second-order valence-corrected chi connectivity index (χ2v) is 4.71. The van der Waals surface area contributed by atoms with Crippen LogP contribution in [-0.4, -0.2) is 32.2 Å². The molecule has 1 rings (SSSR count). The average molecular weight is 279 g/mol. The van der Waals surface area contributed by atoms with Gasteiger partial charge in [0.15, 0.2) is 0 Å². The number of carbonyl (C=O) groups is 1. The van der Waals surface area contributed by atoms with Gasteiger partial charge in [0.2, 0.25) is 5.91 Å². The summed E-state index contributed by atoms with van der Waals surface area (Å²) in [6.07, 6.45) is 2.38. The summed E-state index contributed by atoms with van der Waals surface area (Å²) in [5.41, 5.74) is 7.32. The Kier molecular flexibility index (Phi) is 7.69. The zero-order valence-electron chi connectivity index (χ0n) is 12.3. The third kappa shape index (κ3) is 6.04. The quantitative estimate of drug-likeness (QED) is 0.647. The molecular formula is C15H25N3O2. The van der Waals surface area contributed by atoms with Gasteiger partial charge in [0.1, 0.15) is 0 Å². The molecule has 1 amide bonds. The minimum absolute atomic E-state index is 0.0127. The first kappa shape index (κ1) is 16.5. The Morgan fingerprint density at radius 1 is 1.40 bits per heavy atom. The normalized spacial score (nSPS) is 11.9. The first-order valence-electron chi connectivity index (χ1n) is 7.05. The molecule has 5 nitrogen and oxygen atoms in total. The van der Waals surface area contributed by atoms with Crippen molar-refractivity contribution in [2.45, 2.75) is 32.2 Å². The Morgan fingerprint density at radius 2 is 2.15 bits per heavy atom. The molecule has 20 heavy (non-hydrogen) atoms. The summed E-state index contributed by atoms with van der Waals surface area (Å²) in [6, 6.07) is 7.93. The number of nitrogens with one attached hydrogen (secondary N) is 2. The summed E-state index contributed by atoms with van der Waals surface area (Å²) in [5, 5.41) is 6.26. The maximum absolute atomic E-state index is 11.4. The molecule has 0 saturated heterocycles. The molecule has 0 aromatic heterocycles. The molecule has 0 radical (unpaired) electrons. The lowest BCUT2D eigenvalue weighted by molar-refractivity contribution is -0.115. The molecule has 0 aliphatic carbocycles. The van der Waals surface area contributed by atoms with E-state index in [1.54, 1.807) is 7.11 Å². The molecule has 1 aromatic carbocycles. The van der Waals surface area contributed by atoms with Gasteiger partial charge in [0, 0.05) is 30.9 Å². The van der Waals surface area contributed by atoms with E-state index in [4.69, 9.17) is 10.5 Å². The lowest BCUT2D eigenvalue weighted by atomic mass is 10.1. The van der Waals surface area contributed by atoms with Crippen LogP contribution in [0.2, 0.25) is 0 Å². The van der Waals surface area contributed by atoms with E-state index in [2.05, 4.69) is 10.6 Å². The topological polar surface area (TPSA) is 76.4 Å². The van der Waals surface area contributed by atoms with E-state index in [0.717, 1.165) is 24.2 Å². The highest BCUT2D eigenvalue weighted by atomic mass is 16.5. The molecule has 1 aromatic rings. The van der Waals surface area contributed by atoms with E-state index >= 15 is 0 Å². The van der Waals surface area contributed by atoms with Gasteiger partial charge in [-0.05, 0) is 37.6 Å². The summed E-state index contributed by atoms with van der Waals surface area (Å²) >= 11 is 0. The van der Waals surface area contributed by atoms with Crippen LogP contribution in [0.3, 0.4) is 0 Å². The fraction of sp³-hybridized carbons (Fsp3) is 0.533. The van der Waals surface area contributed by atoms with Crippen LogP contribution in [0.25, 0.3) is 0 Å². The Bertz CT molecular complexity index is 410. The van der Waals surface area contributed by atoms with E-state index in [9.17, 15) is 4.79 Å². The van der Waals surface area contributed by atoms with Crippen molar-refractivity contribution < 1.29 is 9.53 Å². The molecule has 0 aliphatic heterocycles. The van der Waals surface area contributed by atoms with Gasteiger partial charge in [0.25, 0.3) is 0 Å². The van der Waals surface area contributed by atoms with Crippen molar-refractivity contribution in [3.05, 3.63) is 24.3 Å². The van der Waals surface area contributed by atoms with Gasteiger partial charge in [-0.1, -0.05) is 13.0 Å². The Morgan fingerprint density at radius 3 is 2.80 bits per heavy atom. The lowest BCUT2D eigenvalue weighted by Gasteiger charge is -2.19. The second kappa shape index (κ2) is 9.34. The van der Waals surface area contributed by atoms with Crippen LogP contribution in [0.5, 0.6) is 0 Å². The molecule has 0 heterocycles. The molecule has 1 unspecified atom stereocenters. The number of ether oxygens (including phenoxy) is 1. The van der Waals surface area contributed by atoms with Crippen LogP contribution < -0.4 is 16.4 Å². The predicted molar refractivity (Wildman–Crippen MR) is 82.9 cm³/mol. The van der Waals surface area contributed by atoms with E-state index in [-0.39, 0.29) is 11.9 Å². The van der Waals surface area contributed by atoms with Crippen LogP contribution in [0.4, 0.5) is 11.4 Å². The zero-order chi connectivity index (χ0) is 14.8. The van der Waals surface area contributed by atoms with E-state index in [1.165, 1.54) is 0 Å². The van der Waals surface area contributed by atoms with Crippen molar-refractivity contribution >= 4 is 17.3 Å². The highest BCUT2D eigenvalue weighted by molar-refractivity contribution is 5.90. The third-order valence-corrected chi connectivity index (χ3v) is 2.96. The number of carbonyl (C=O) groups excluding carboxylic acids is 1. The molecular weight excluding hydrogens is 254 g/mol. The van der Waals surface area contributed by atoms with Crippen molar-refractivity contribution in [1.29, 1.82) is 0 Å². The molecule has 0 aliphatic rings. The molecule has 1 atom stereocenters. The minimum atomic E-state index is 0.0127. The van der Waals surface area contributed by atoms with Crippen molar-refractivity contribution in [2.24, 2.45) is 5.73 Å². The Hall–Kier alpha value is -1.59. The van der Waals surface area contributed by atoms with Crippen molar-refractivity contribution in [3.63, 3.8) is 0 Å². The number of hydrogen-bond acceptors (Lipinski definition) is 4. The van der Waals surface area contributed by atoms with Gasteiger partial charge in [-0.25, -0.2) is 0 Å². The molecule has 112 valence electrons. The average Bonchev–Trinajstić information content (AvgIpc) is 2.45. The third-order valence-electron chi connectivity index (χ3n) is 2.96. The van der Waals surface area contributed by atoms with Crippen molar-refractivity contribution in [1.82, 2.24) is 0 Å². The number of methoxy groups -OCH3 is 1. The van der Waals surface area contributed by atoms with Gasteiger partial charge in [0.05, 0.1) is 6.61 Å². The van der Waals surface area contributed by atoms with Gasteiger partial charge in [-0.3, -0.25) is 4.79 Å². The van der Waals surface area contributed by atoms with Crippen LogP contribution in [0.1, 0.15) is 26.2 Å². The number of amides is 1. The minimum Gasteiger partial charge on any atom is -0.383 e. The van der Waals surface area contributed by atoms with Gasteiger partial charge < -0.3 is 21.1 Å². The summed E-state index contributed by atoms with van der Waals surface area (Å²) in [6.45, 7) is 3.14. The summed E-state index contributed by atoms with van der Waals surface area (Å²) in [7, 11) is 1.69. The highest BCUT2D eigenvalue weighted by Gasteiger charge is 2.08. The van der Waals surface area contributed by atoms with E-state index in [1.807, 2.05) is 31.2 Å². The lowest BCUT2D eigenvalue weighted by Crippen LogP contribution is -2.25. The number of rotatable bonds is 9. The van der Waals surface area contributed by atoms with Crippen LogP contribution in [-0.2, 0) is 9.53 Å². The number of nitrogens with two attached hydrogens (primary N) is 1. The van der Waals surface area contributed by atoms with Gasteiger partial charge >= 0.3 is 0 Å². The molecule has 0 spiro atoms. The Labute approximate surface area is 120 Å². The molecule has 5 heteroatoms. The number of hydrogen-bond donors (Lipinski definition) is 3. The largest absolute Gasteiger partial charge is 0.383 e. The van der Waals surface area contributed by atoms with Crippen molar-refractivity contribution in [3.8, 4) is 0 Å². The summed E-state index contributed by atoms with van der Waals surface area (Å²) in [4.78, 5) is 11.4. The van der Waals surface area contributed by atoms with Crippen molar-refractivity contribution in [2.75, 3.05) is 30.9 Å². The van der Waals surface area contributed by atoms with Gasteiger partial charge in [-0.15, -0.1) is 0 Å². The maximum Gasteiger partial charge on any atom is 0.224 e. The summed E-state index contributed by atoms with van der Waals surface area (Å²) < 4.78 is 5.21. The highest BCUT2D eigenvalue weighted by Crippen LogP contribution is 2.17. The molecule has 0 saturated carbocycles. The number of benzene rings is 1. The predicted octanol–water partition coefficient (Wildman–Crippen LogP) is 2.20. The van der Waals surface area contributed by atoms with Crippen LogP contribution in [0.15, 0.2) is 24.3 Å². The fourth-order valence-corrected chi connectivity index (χ4v) is 1.93. The first-order chi connectivity index (χ1) is 9.69. The van der Waals surface area contributed by atoms with E-state index in [0.29, 0.717) is 19.6 Å². The van der Waals surface area contributed by atoms with E-state index < -0.39 is 0 Å². The zero-order valence-corrected chi connectivity index (χ0v) is 12.3. The standard InChI is InChI=1S/C15H25N3O2/c1-3-15(19)18-13-7-4-6-12(10-13)17-14(11-20-2)8-5-9-16/h4,6-7,10,14,17H,3,5,8-9,11,16H2,1-2H3,(H,18,19). The number of anilines is 2. The maximum atomic E-state index is 11.4. The summed E-state index contributed by atoms with van der Waals surface area (Å²) in [5.74, 6) is 0.0127. The first-order valence-corrected chi connectivity index (χ1v) is 7.05. The van der Waals surface area contributed by atoms with Crippen LogP contribution in [0, 0.1) is 0 Å². The molecule has 4 N–H and O–H groups in total.